The molecule has 0 aromatic rings. The molecule has 0 spiro atoms. The molecule has 0 aromatic heterocycles. The van der Waals surface area contributed by atoms with E-state index >= 15 is 0 Å². The van der Waals surface area contributed by atoms with E-state index in [1.807, 2.05) is 17.2 Å². The Hall–Kier alpha value is -1.38. The third-order valence-corrected chi connectivity index (χ3v) is 3.63. The number of amides is 1. The first-order valence-corrected chi connectivity index (χ1v) is 6.87. The van der Waals surface area contributed by atoms with Gasteiger partial charge in [0.25, 0.3) is 0 Å². The van der Waals surface area contributed by atoms with Crippen molar-refractivity contribution in [1.29, 1.82) is 0 Å². The van der Waals surface area contributed by atoms with Crippen molar-refractivity contribution in [2.24, 2.45) is 16.3 Å². The van der Waals surface area contributed by atoms with Gasteiger partial charge in [0.15, 0.2) is 0 Å². The molecule has 0 saturated carbocycles. The maximum atomic E-state index is 13.0. The van der Waals surface area contributed by atoms with E-state index in [-0.39, 0.29) is 22.8 Å². The van der Waals surface area contributed by atoms with E-state index in [2.05, 4.69) is 52.6 Å². The summed E-state index contributed by atoms with van der Waals surface area (Å²) in [5.74, 6) is 0.0949. The molecule has 0 fully saturated rings. The van der Waals surface area contributed by atoms with Gasteiger partial charge in [-0.3, -0.25) is 9.79 Å². The molecule has 0 bridgehead atoms. The molecule has 0 aromatic carbocycles. The second-order valence-electron chi connectivity index (χ2n) is 7.42. The molecule has 0 aliphatic carbocycles. The summed E-state index contributed by atoms with van der Waals surface area (Å²) in [5.41, 5.74) is 1.82. The number of hydrogen-bond acceptors (Lipinski definition) is 2. The molecule has 1 amide bonds. The molecule has 3 nitrogen and oxygen atoms in total. The molecule has 2 rings (SSSR count). The molecule has 19 heavy (non-hydrogen) atoms. The highest BCUT2D eigenvalue weighted by Gasteiger charge is 2.40. The van der Waals surface area contributed by atoms with Crippen molar-refractivity contribution < 1.29 is 4.79 Å². The zero-order valence-corrected chi connectivity index (χ0v) is 12.8. The predicted molar refractivity (Wildman–Crippen MR) is 79.1 cm³/mol. The molecule has 2 aliphatic heterocycles. The third-order valence-electron chi connectivity index (χ3n) is 3.63. The van der Waals surface area contributed by atoms with Crippen molar-refractivity contribution in [3.05, 3.63) is 23.4 Å². The third kappa shape index (κ3) is 2.51. The molecule has 0 N–H and O–H groups in total. The average molecular weight is 260 g/mol. The summed E-state index contributed by atoms with van der Waals surface area (Å²) in [6.07, 6.45) is 5.98. The van der Waals surface area contributed by atoms with E-state index in [9.17, 15) is 4.79 Å². The van der Waals surface area contributed by atoms with Crippen LogP contribution in [0.4, 0.5) is 0 Å². The number of aliphatic imine (C=N–C) groups is 1. The number of rotatable bonds is 0. The number of carbonyl (C=O) groups excluding carboxylic acids is 1. The summed E-state index contributed by atoms with van der Waals surface area (Å²) in [4.78, 5) is 19.2. The Labute approximate surface area is 116 Å². The number of hydrogen-bond donors (Lipinski definition) is 0. The van der Waals surface area contributed by atoms with Gasteiger partial charge in [-0.25, -0.2) is 0 Å². The Morgan fingerprint density at radius 3 is 2.37 bits per heavy atom. The van der Waals surface area contributed by atoms with Gasteiger partial charge in [-0.1, -0.05) is 32.9 Å². The number of carbonyl (C=O) groups is 1. The first kappa shape index (κ1) is 14.0. The normalized spacial score (nSPS) is 24.0. The first-order chi connectivity index (χ1) is 8.62. The Kier molecular flexibility index (Phi) is 3.20. The first-order valence-electron chi connectivity index (χ1n) is 6.87. The van der Waals surface area contributed by atoms with Crippen LogP contribution in [0.2, 0.25) is 0 Å². The van der Waals surface area contributed by atoms with E-state index in [0.29, 0.717) is 6.54 Å². The fourth-order valence-corrected chi connectivity index (χ4v) is 2.68. The van der Waals surface area contributed by atoms with Gasteiger partial charge in [-0.2, -0.15) is 0 Å². The molecule has 1 unspecified atom stereocenters. The van der Waals surface area contributed by atoms with E-state index in [1.165, 1.54) is 0 Å². The van der Waals surface area contributed by atoms with Gasteiger partial charge in [0, 0.05) is 17.3 Å². The van der Waals surface area contributed by atoms with Crippen molar-refractivity contribution in [3.8, 4) is 0 Å². The summed E-state index contributed by atoms with van der Waals surface area (Å²) in [5, 5.41) is 0. The molecular weight excluding hydrogens is 236 g/mol. The van der Waals surface area contributed by atoms with Crippen molar-refractivity contribution >= 4 is 12.1 Å². The smallest absolute Gasteiger partial charge is 0.234 e. The van der Waals surface area contributed by atoms with E-state index in [4.69, 9.17) is 0 Å². The van der Waals surface area contributed by atoms with Crippen LogP contribution in [0.15, 0.2) is 28.4 Å². The SMILES string of the molecule is CC(C)(C)C1C=CC2=C(CN=C2)N(C(C)(C)C)C1=O. The highest BCUT2D eigenvalue weighted by Crippen LogP contribution is 2.36. The fraction of sp³-hybridized carbons (Fsp3) is 0.625. The predicted octanol–water partition coefficient (Wildman–Crippen LogP) is 3.18. The Morgan fingerprint density at radius 2 is 1.84 bits per heavy atom. The monoisotopic (exact) mass is 260 g/mol. The topological polar surface area (TPSA) is 32.7 Å². The zero-order valence-electron chi connectivity index (χ0n) is 12.8. The second kappa shape index (κ2) is 4.32. The fourth-order valence-electron chi connectivity index (χ4n) is 2.68. The molecule has 2 aliphatic rings. The van der Waals surface area contributed by atoms with E-state index in [0.717, 1.165) is 11.3 Å². The van der Waals surface area contributed by atoms with Crippen LogP contribution in [-0.2, 0) is 4.79 Å². The van der Waals surface area contributed by atoms with Crippen LogP contribution in [0.3, 0.4) is 0 Å². The molecule has 2 heterocycles. The Morgan fingerprint density at radius 1 is 1.21 bits per heavy atom. The number of allylic oxidation sites excluding steroid dienone is 2. The van der Waals surface area contributed by atoms with Gasteiger partial charge in [-0.15, -0.1) is 0 Å². The molecule has 0 saturated heterocycles. The Balaban J connectivity index is 2.51. The van der Waals surface area contributed by atoms with E-state index < -0.39 is 0 Å². The summed E-state index contributed by atoms with van der Waals surface area (Å²) in [7, 11) is 0. The molecule has 104 valence electrons. The lowest BCUT2D eigenvalue weighted by atomic mass is 9.79. The van der Waals surface area contributed by atoms with Crippen LogP contribution in [-0.4, -0.2) is 29.1 Å². The lowest BCUT2D eigenvalue weighted by molar-refractivity contribution is -0.138. The van der Waals surface area contributed by atoms with Crippen LogP contribution in [0.5, 0.6) is 0 Å². The van der Waals surface area contributed by atoms with Crippen molar-refractivity contribution in [2.75, 3.05) is 6.54 Å². The van der Waals surface area contributed by atoms with Gasteiger partial charge in [0.1, 0.15) is 0 Å². The number of nitrogens with zero attached hydrogens (tertiary/aromatic N) is 2. The lowest BCUT2D eigenvalue weighted by Crippen LogP contribution is -2.49. The highest BCUT2D eigenvalue weighted by atomic mass is 16.2. The minimum atomic E-state index is -0.221. The van der Waals surface area contributed by atoms with Crippen molar-refractivity contribution in [1.82, 2.24) is 4.90 Å². The zero-order chi connectivity index (χ0) is 14.4. The molecule has 1 atom stereocenters. The van der Waals surface area contributed by atoms with Crippen LogP contribution in [0.1, 0.15) is 41.5 Å². The van der Waals surface area contributed by atoms with Crippen molar-refractivity contribution in [2.45, 2.75) is 47.1 Å². The molecule has 0 radical (unpaired) electrons. The van der Waals surface area contributed by atoms with E-state index in [1.54, 1.807) is 0 Å². The van der Waals surface area contributed by atoms with Crippen LogP contribution in [0, 0.1) is 11.3 Å². The second-order valence-corrected chi connectivity index (χ2v) is 7.42. The van der Waals surface area contributed by atoms with Crippen LogP contribution in [0.25, 0.3) is 0 Å². The molecular formula is C16H24N2O. The minimum Gasteiger partial charge on any atom is -0.308 e. The average Bonchev–Trinajstić information content (AvgIpc) is 2.57. The summed E-state index contributed by atoms with van der Waals surface area (Å²) in [6, 6.07) is 0. The van der Waals surface area contributed by atoms with Gasteiger partial charge < -0.3 is 4.90 Å². The highest BCUT2D eigenvalue weighted by molar-refractivity contribution is 5.92. The maximum Gasteiger partial charge on any atom is 0.234 e. The summed E-state index contributed by atoms with van der Waals surface area (Å²) >= 11 is 0. The Bertz CT molecular complexity index is 484. The van der Waals surface area contributed by atoms with Gasteiger partial charge in [0.05, 0.1) is 18.2 Å². The summed E-state index contributed by atoms with van der Waals surface area (Å²) in [6.45, 7) is 13.2. The van der Waals surface area contributed by atoms with Crippen LogP contribution < -0.4 is 0 Å². The minimum absolute atomic E-state index is 0.0754. The molecule has 3 heteroatoms. The standard InChI is InChI=1S/C16H24N2O/c1-15(2,3)12-8-7-11-9-17-10-13(11)18(14(12)19)16(4,5)6/h7-9,12H,10H2,1-6H3. The van der Waals surface area contributed by atoms with Gasteiger partial charge in [0.2, 0.25) is 5.91 Å². The summed E-state index contributed by atoms with van der Waals surface area (Å²) < 4.78 is 0. The van der Waals surface area contributed by atoms with Gasteiger partial charge in [-0.05, 0) is 26.2 Å². The lowest BCUT2D eigenvalue weighted by Gasteiger charge is -2.40. The maximum absolute atomic E-state index is 13.0. The van der Waals surface area contributed by atoms with Gasteiger partial charge >= 0.3 is 0 Å². The van der Waals surface area contributed by atoms with Crippen LogP contribution >= 0.6 is 0 Å². The quantitative estimate of drug-likeness (QED) is 0.658. The van der Waals surface area contributed by atoms with Crippen molar-refractivity contribution in [3.63, 3.8) is 0 Å². The largest absolute Gasteiger partial charge is 0.308 e.